The van der Waals surface area contributed by atoms with Crippen molar-refractivity contribution in [2.75, 3.05) is 13.1 Å². The van der Waals surface area contributed by atoms with Crippen molar-refractivity contribution in [1.82, 2.24) is 14.9 Å². The molecule has 0 unspecified atom stereocenters. The molecule has 0 spiro atoms. The van der Waals surface area contributed by atoms with Gasteiger partial charge in [-0.05, 0) is 36.6 Å². The van der Waals surface area contributed by atoms with Crippen LogP contribution in [0.1, 0.15) is 18.4 Å². The molecule has 3 rings (SSSR count). The number of hydrogen-bond acceptors (Lipinski definition) is 4. The number of ether oxygens (including phenoxy) is 1. The average molecular weight is 268 g/mol. The molecule has 0 amide bonds. The van der Waals surface area contributed by atoms with E-state index in [1.807, 2.05) is 12.1 Å². The van der Waals surface area contributed by atoms with Crippen LogP contribution in [0.4, 0.5) is 0 Å². The van der Waals surface area contributed by atoms with Crippen molar-refractivity contribution in [3.63, 3.8) is 0 Å². The molecular formula is C16H18N3O. The number of benzene rings is 1. The van der Waals surface area contributed by atoms with E-state index in [2.05, 4.69) is 33.1 Å². The average Bonchev–Trinajstić information content (AvgIpc) is 2.51. The van der Waals surface area contributed by atoms with Crippen LogP contribution < -0.4 is 4.74 Å². The standard InChI is InChI=1S/C16H18N3O/c1-2-5-14(6-3-1)13-19-11-7-15(8-12-19)20-16-17-9-4-10-18-16/h1-2,4-6,9-10,15H,7-8,11-13H2. The van der Waals surface area contributed by atoms with E-state index in [1.54, 1.807) is 18.5 Å². The summed E-state index contributed by atoms with van der Waals surface area (Å²) in [4.78, 5) is 10.7. The van der Waals surface area contributed by atoms with Gasteiger partial charge in [-0.15, -0.1) is 0 Å². The van der Waals surface area contributed by atoms with Crippen LogP contribution in [0.3, 0.4) is 0 Å². The van der Waals surface area contributed by atoms with Gasteiger partial charge in [-0.25, -0.2) is 9.97 Å². The van der Waals surface area contributed by atoms with Crippen molar-refractivity contribution in [2.24, 2.45) is 0 Å². The van der Waals surface area contributed by atoms with Gasteiger partial charge in [-0.3, -0.25) is 4.90 Å². The molecule has 1 radical (unpaired) electrons. The van der Waals surface area contributed by atoms with Crippen LogP contribution in [-0.2, 0) is 6.54 Å². The first-order valence-corrected chi connectivity index (χ1v) is 7.01. The van der Waals surface area contributed by atoms with Gasteiger partial charge >= 0.3 is 6.01 Å². The zero-order valence-electron chi connectivity index (χ0n) is 11.4. The van der Waals surface area contributed by atoms with Gasteiger partial charge in [-0.1, -0.05) is 18.2 Å². The lowest BCUT2D eigenvalue weighted by molar-refractivity contribution is 0.0892. The van der Waals surface area contributed by atoms with Gasteiger partial charge in [0.05, 0.1) is 0 Å². The molecule has 1 aliphatic rings. The molecule has 0 aliphatic carbocycles. The normalized spacial score (nSPS) is 17.0. The van der Waals surface area contributed by atoms with E-state index in [1.165, 1.54) is 5.56 Å². The SMILES string of the molecule is [c]1cccc(CN2CCC(Oc3ncccn3)CC2)c1. The number of hydrogen-bond donors (Lipinski definition) is 0. The van der Waals surface area contributed by atoms with Crippen LogP contribution in [0.15, 0.2) is 42.7 Å². The lowest BCUT2D eigenvalue weighted by atomic mass is 10.1. The van der Waals surface area contributed by atoms with Crippen LogP contribution in [0.5, 0.6) is 6.01 Å². The summed E-state index contributed by atoms with van der Waals surface area (Å²) in [5, 5.41) is 0. The van der Waals surface area contributed by atoms with E-state index in [0.717, 1.165) is 32.5 Å². The van der Waals surface area contributed by atoms with Crippen LogP contribution in [-0.4, -0.2) is 34.1 Å². The number of nitrogens with zero attached hydrogens (tertiary/aromatic N) is 3. The molecule has 0 atom stereocenters. The second kappa shape index (κ2) is 6.48. The largest absolute Gasteiger partial charge is 0.460 e. The Morgan fingerprint density at radius 1 is 1.20 bits per heavy atom. The minimum absolute atomic E-state index is 0.232. The summed E-state index contributed by atoms with van der Waals surface area (Å²) in [6.45, 7) is 3.09. The lowest BCUT2D eigenvalue weighted by Crippen LogP contribution is -2.38. The summed E-state index contributed by atoms with van der Waals surface area (Å²) in [6, 6.07) is 13.6. The van der Waals surface area contributed by atoms with Gasteiger partial charge < -0.3 is 4.74 Å². The molecule has 1 aromatic carbocycles. The van der Waals surface area contributed by atoms with E-state index in [9.17, 15) is 0 Å². The first-order valence-electron chi connectivity index (χ1n) is 7.01. The van der Waals surface area contributed by atoms with E-state index in [0.29, 0.717) is 6.01 Å². The Morgan fingerprint density at radius 2 is 2.00 bits per heavy atom. The van der Waals surface area contributed by atoms with Crippen molar-refractivity contribution in [3.05, 3.63) is 54.4 Å². The fraction of sp³-hybridized carbons (Fsp3) is 0.375. The zero-order chi connectivity index (χ0) is 13.6. The molecule has 2 aromatic rings. The predicted octanol–water partition coefficient (Wildman–Crippen LogP) is 2.32. The summed E-state index contributed by atoms with van der Waals surface area (Å²) < 4.78 is 5.80. The molecule has 1 saturated heterocycles. The van der Waals surface area contributed by atoms with Gasteiger partial charge in [0.25, 0.3) is 0 Å². The predicted molar refractivity (Wildman–Crippen MR) is 76.2 cm³/mol. The van der Waals surface area contributed by atoms with Gasteiger partial charge in [0, 0.05) is 32.0 Å². The van der Waals surface area contributed by atoms with Gasteiger partial charge in [0.1, 0.15) is 6.10 Å². The van der Waals surface area contributed by atoms with Crippen LogP contribution in [0.2, 0.25) is 0 Å². The fourth-order valence-electron chi connectivity index (χ4n) is 2.47. The van der Waals surface area contributed by atoms with E-state index in [-0.39, 0.29) is 6.10 Å². The quantitative estimate of drug-likeness (QED) is 0.853. The zero-order valence-corrected chi connectivity index (χ0v) is 11.4. The highest BCUT2D eigenvalue weighted by Gasteiger charge is 2.21. The Morgan fingerprint density at radius 3 is 2.70 bits per heavy atom. The second-order valence-electron chi connectivity index (χ2n) is 5.04. The van der Waals surface area contributed by atoms with Crippen LogP contribution in [0.25, 0.3) is 0 Å². The van der Waals surface area contributed by atoms with Crippen molar-refractivity contribution >= 4 is 0 Å². The van der Waals surface area contributed by atoms with Gasteiger partial charge in [0.15, 0.2) is 0 Å². The molecule has 103 valence electrons. The minimum atomic E-state index is 0.232. The molecule has 4 heteroatoms. The van der Waals surface area contributed by atoms with E-state index in [4.69, 9.17) is 4.74 Å². The van der Waals surface area contributed by atoms with Crippen molar-refractivity contribution in [3.8, 4) is 6.01 Å². The van der Waals surface area contributed by atoms with Gasteiger partial charge in [-0.2, -0.15) is 0 Å². The van der Waals surface area contributed by atoms with Crippen LogP contribution >= 0.6 is 0 Å². The molecule has 1 aliphatic heterocycles. The monoisotopic (exact) mass is 268 g/mol. The summed E-state index contributed by atoms with van der Waals surface area (Å²) in [6.07, 6.45) is 5.70. The Balaban J connectivity index is 1.47. The first kappa shape index (κ1) is 13.1. The summed E-state index contributed by atoms with van der Waals surface area (Å²) >= 11 is 0. The van der Waals surface area contributed by atoms with Crippen molar-refractivity contribution in [2.45, 2.75) is 25.5 Å². The number of rotatable bonds is 4. The second-order valence-corrected chi connectivity index (χ2v) is 5.04. The third-order valence-electron chi connectivity index (χ3n) is 3.53. The van der Waals surface area contributed by atoms with Crippen LogP contribution in [0, 0.1) is 6.07 Å². The van der Waals surface area contributed by atoms with Crippen molar-refractivity contribution < 1.29 is 4.74 Å². The molecule has 0 N–H and O–H groups in total. The Labute approximate surface area is 119 Å². The van der Waals surface area contributed by atoms with E-state index < -0.39 is 0 Å². The molecule has 4 nitrogen and oxygen atoms in total. The molecule has 1 fully saturated rings. The first-order chi connectivity index (χ1) is 9.90. The molecule has 0 bridgehead atoms. The molecule has 20 heavy (non-hydrogen) atoms. The maximum atomic E-state index is 5.80. The molecule has 1 aromatic heterocycles. The smallest absolute Gasteiger partial charge is 0.316 e. The number of piperidine rings is 1. The maximum Gasteiger partial charge on any atom is 0.316 e. The Hall–Kier alpha value is -1.94. The molecule has 2 heterocycles. The Bertz CT molecular complexity index is 460. The number of aromatic nitrogens is 2. The highest BCUT2D eigenvalue weighted by molar-refractivity contribution is 5.13. The fourth-order valence-corrected chi connectivity index (χ4v) is 2.47. The number of likely N-dealkylation sites (tertiary alicyclic amines) is 1. The third-order valence-corrected chi connectivity index (χ3v) is 3.53. The molecular weight excluding hydrogens is 250 g/mol. The third kappa shape index (κ3) is 3.54. The van der Waals surface area contributed by atoms with Crippen molar-refractivity contribution in [1.29, 1.82) is 0 Å². The highest BCUT2D eigenvalue weighted by atomic mass is 16.5. The summed E-state index contributed by atoms with van der Waals surface area (Å²) in [7, 11) is 0. The molecule has 0 saturated carbocycles. The minimum Gasteiger partial charge on any atom is -0.460 e. The van der Waals surface area contributed by atoms with Gasteiger partial charge in [0.2, 0.25) is 0 Å². The van der Waals surface area contributed by atoms with E-state index >= 15 is 0 Å². The maximum absolute atomic E-state index is 5.80. The lowest BCUT2D eigenvalue weighted by Gasteiger charge is -2.31. The Kier molecular flexibility index (Phi) is 4.23. The summed E-state index contributed by atoms with van der Waals surface area (Å²) in [5.74, 6) is 0. The highest BCUT2D eigenvalue weighted by Crippen LogP contribution is 2.17. The summed E-state index contributed by atoms with van der Waals surface area (Å²) in [5.41, 5.74) is 1.32. The topological polar surface area (TPSA) is 38.2 Å².